The molecule has 5 rings (SSSR count). The Bertz CT molecular complexity index is 1250. The van der Waals surface area contributed by atoms with E-state index in [4.69, 9.17) is 0 Å². The minimum Gasteiger partial charge on any atom is -0.329 e. The molecule has 0 fully saturated rings. The Hall–Kier alpha value is -3.59. The molecule has 5 aromatic rings. The topological polar surface area (TPSA) is 87.9 Å². The second-order valence-electron chi connectivity index (χ2n) is 6.62. The van der Waals surface area contributed by atoms with Crippen LogP contribution in [0, 0.1) is 0 Å². The Balaban J connectivity index is 1.50. The number of anilines is 2. The van der Waals surface area contributed by atoms with E-state index in [9.17, 15) is 0 Å². The SMILES string of the molecule is CCc1cc(N(C)c2ccc(-c3cscc3-c3nnn[nH]3)cc2)n2nccc2n1. The molecule has 1 N–H and O–H groups in total. The molecule has 0 aliphatic carbocycles. The summed E-state index contributed by atoms with van der Waals surface area (Å²) in [5.41, 5.74) is 6.18. The van der Waals surface area contributed by atoms with Crippen LogP contribution in [0.1, 0.15) is 12.6 Å². The Morgan fingerprint density at radius 1 is 1.10 bits per heavy atom. The number of fused-ring (bicyclic) bond motifs is 1. The number of hydrogen-bond acceptors (Lipinski definition) is 7. The molecule has 0 aliphatic rings. The van der Waals surface area contributed by atoms with E-state index in [-0.39, 0.29) is 0 Å². The number of aromatic amines is 1. The summed E-state index contributed by atoms with van der Waals surface area (Å²) in [5.74, 6) is 1.65. The zero-order valence-corrected chi connectivity index (χ0v) is 16.8. The van der Waals surface area contributed by atoms with Crippen molar-refractivity contribution in [2.75, 3.05) is 11.9 Å². The number of nitrogens with zero attached hydrogens (tertiary/aromatic N) is 7. The van der Waals surface area contributed by atoms with Crippen LogP contribution in [0.25, 0.3) is 28.2 Å². The van der Waals surface area contributed by atoms with Gasteiger partial charge in [0.05, 0.1) is 6.20 Å². The summed E-state index contributed by atoms with van der Waals surface area (Å²) in [4.78, 5) is 6.75. The number of nitrogens with one attached hydrogen (secondary N) is 1. The second kappa shape index (κ2) is 7.10. The van der Waals surface area contributed by atoms with Gasteiger partial charge < -0.3 is 4.90 Å². The van der Waals surface area contributed by atoms with Gasteiger partial charge in [-0.25, -0.2) is 10.1 Å². The number of hydrogen-bond donors (Lipinski definition) is 1. The number of aromatic nitrogens is 7. The summed E-state index contributed by atoms with van der Waals surface area (Å²) in [6, 6.07) is 12.5. The first-order chi connectivity index (χ1) is 14.2. The van der Waals surface area contributed by atoms with Crippen molar-refractivity contribution in [3.8, 4) is 22.5 Å². The highest BCUT2D eigenvalue weighted by atomic mass is 32.1. The number of benzene rings is 1. The highest BCUT2D eigenvalue weighted by molar-refractivity contribution is 7.08. The van der Waals surface area contributed by atoms with Gasteiger partial charge in [-0.1, -0.05) is 19.1 Å². The molecule has 1 aromatic carbocycles. The van der Waals surface area contributed by atoms with Gasteiger partial charge in [0.15, 0.2) is 11.5 Å². The molecular formula is C20H18N8S. The van der Waals surface area contributed by atoms with Crippen molar-refractivity contribution in [3.63, 3.8) is 0 Å². The molecule has 0 spiro atoms. The van der Waals surface area contributed by atoms with Crippen molar-refractivity contribution in [1.82, 2.24) is 35.2 Å². The molecule has 0 radical (unpaired) electrons. The molecule has 0 atom stereocenters. The van der Waals surface area contributed by atoms with Gasteiger partial charge in [0.2, 0.25) is 0 Å². The van der Waals surface area contributed by atoms with Crippen LogP contribution in [0.3, 0.4) is 0 Å². The van der Waals surface area contributed by atoms with Gasteiger partial charge in [-0.2, -0.15) is 21.0 Å². The highest BCUT2D eigenvalue weighted by Gasteiger charge is 2.14. The van der Waals surface area contributed by atoms with Gasteiger partial charge in [-0.3, -0.25) is 0 Å². The standard InChI is InChI=1S/C20H18N8S/c1-3-14-10-19(28-18(22-14)8-9-21-28)27(2)15-6-4-13(5-7-15)16-11-29-12-17(16)20-23-25-26-24-20/h4-12H,3H2,1-2H3,(H,23,24,25,26). The van der Waals surface area contributed by atoms with E-state index in [1.807, 2.05) is 17.6 Å². The molecule has 4 heterocycles. The molecule has 0 aliphatic heterocycles. The van der Waals surface area contributed by atoms with Crippen molar-refractivity contribution in [2.24, 2.45) is 0 Å². The largest absolute Gasteiger partial charge is 0.329 e. The monoisotopic (exact) mass is 402 g/mol. The van der Waals surface area contributed by atoms with Crippen LogP contribution in [-0.2, 0) is 6.42 Å². The van der Waals surface area contributed by atoms with Crippen molar-refractivity contribution < 1.29 is 0 Å². The van der Waals surface area contributed by atoms with Crippen molar-refractivity contribution in [2.45, 2.75) is 13.3 Å². The van der Waals surface area contributed by atoms with E-state index in [1.54, 1.807) is 17.5 Å². The lowest BCUT2D eigenvalue weighted by Crippen LogP contribution is -2.15. The second-order valence-corrected chi connectivity index (χ2v) is 7.36. The number of thiophene rings is 1. The van der Waals surface area contributed by atoms with Crippen LogP contribution in [0.4, 0.5) is 11.5 Å². The van der Waals surface area contributed by atoms with Gasteiger partial charge in [-0.15, -0.1) is 5.10 Å². The number of H-pyrrole nitrogens is 1. The van der Waals surface area contributed by atoms with Crippen LogP contribution in [0.5, 0.6) is 0 Å². The van der Waals surface area contributed by atoms with Crippen LogP contribution < -0.4 is 4.90 Å². The van der Waals surface area contributed by atoms with Crippen LogP contribution >= 0.6 is 11.3 Å². The molecule has 0 unspecified atom stereocenters. The third kappa shape index (κ3) is 3.05. The summed E-state index contributed by atoms with van der Waals surface area (Å²) in [6.45, 7) is 2.11. The Morgan fingerprint density at radius 2 is 1.93 bits per heavy atom. The fourth-order valence-corrected chi connectivity index (χ4v) is 4.18. The first-order valence-corrected chi connectivity index (χ1v) is 10.2. The predicted molar refractivity (Wildman–Crippen MR) is 113 cm³/mol. The average molecular weight is 402 g/mol. The quantitative estimate of drug-likeness (QED) is 0.479. The van der Waals surface area contributed by atoms with Gasteiger partial charge >= 0.3 is 0 Å². The maximum Gasteiger partial charge on any atom is 0.180 e. The number of rotatable bonds is 5. The first-order valence-electron chi connectivity index (χ1n) is 9.22. The molecule has 29 heavy (non-hydrogen) atoms. The van der Waals surface area contributed by atoms with Crippen LogP contribution in [-0.4, -0.2) is 42.3 Å². The van der Waals surface area contributed by atoms with Gasteiger partial charge in [0.25, 0.3) is 0 Å². The predicted octanol–water partition coefficient (Wildman–Crippen LogP) is 3.97. The minimum absolute atomic E-state index is 0.674. The molecule has 4 aromatic heterocycles. The van der Waals surface area contributed by atoms with Crippen LogP contribution in [0.2, 0.25) is 0 Å². The average Bonchev–Trinajstić information content (AvgIpc) is 3.53. The van der Waals surface area contributed by atoms with Crippen molar-refractivity contribution in [1.29, 1.82) is 0 Å². The van der Waals surface area contributed by atoms with Crippen molar-refractivity contribution >= 4 is 28.5 Å². The Kier molecular flexibility index (Phi) is 4.28. The minimum atomic E-state index is 0.674. The smallest absolute Gasteiger partial charge is 0.180 e. The van der Waals surface area contributed by atoms with E-state index in [0.717, 1.165) is 46.0 Å². The molecule has 8 nitrogen and oxygen atoms in total. The number of tetrazole rings is 1. The lowest BCUT2D eigenvalue weighted by molar-refractivity contribution is 0.881. The Morgan fingerprint density at radius 3 is 2.69 bits per heavy atom. The lowest BCUT2D eigenvalue weighted by atomic mass is 10.0. The summed E-state index contributed by atoms with van der Waals surface area (Å²) >= 11 is 1.63. The third-order valence-electron chi connectivity index (χ3n) is 4.93. The maximum atomic E-state index is 4.63. The summed E-state index contributed by atoms with van der Waals surface area (Å²) in [5, 5.41) is 22.8. The molecule has 144 valence electrons. The van der Waals surface area contributed by atoms with E-state index < -0.39 is 0 Å². The first kappa shape index (κ1) is 17.5. The highest BCUT2D eigenvalue weighted by Crippen LogP contribution is 2.34. The molecule has 0 saturated heterocycles. The molecular weight excluding hydrogens is 384 g/mol. The molecule has 0 bridgehead atoms. The number of aryl methyl sites for hydroxylation is 1. The normalized spacial score (nSPS) is 11.2. The third-order valence-corrected chi connectivity index (χ3v) is 5.67. The lowest BCUT2D eigenvalue weighted by Gasteiger charge is -2.21. The van der Waals surface area contributed by atoms with Gasteiger partial charge in [0.1, 0.15) is 5.82 Å². The van der Waals surface area contributed by atoms with Crippen LogP contribution in [0.15, 0.2) is 53.4 Å². The van der Waals surface area contributed by atoms with Crippen molar-refractivity contribution in [3.05, 3.63) is 59.0 Å². The van der Waals surface area contributed by atoms with E-state index >= 15 is 0 Å². The summed E-state index contributed by atoms with van der Waals surface area (Å²) in [6.07, 6.45) is 2.65. The fraction of sp³-hybridized carbons (Fsp3) is 0.150. The van der Waals surface area contributed by atoms with Gasteiger partial charge in [-0.05, 0) is 39.9 Å². The molecule has 9 heteroatoms. The van der Waals surface area contributed by atoms with Gasteiger partial charge in [0, 0.05) is 47.1 Å². The zero-order valence-electron chi connectivity index (χ0n) is 15.9. The zero-order chi connectivity index (χ0) is 19.8. The summed E-state index contributed by atoms with van der Waals surface area (Å²) < 4.78 is 1.86. The maximum absolute atomic E-state index is 4.63. The fourth-order valence-electron chi connectivity index (χ4n) is 3.34. The molecule has 0 saturated carbocycles. The van der Waals surface area contributed by atoms with E-state index in [1.165, 1.54) is 0 Å². The molecule has 0 amide bonds. The van der Waals surface area contributed by atoms with E-state index in [0.29, 0.717) is 5.82 Å². The Labute approximate surface area is 170 Å². The summed E-state index contributed by atoms with van der Waals surface area (Å²) in [7, 11) is 2.04. The van der Waals surface area contributed by atoms with E-state index in [2.05, 4.69) is 83.6 Å².